The Labute approximate surface area is 156 Å². The van der Waals surface area contributed by atoms with Gasteiger partial charge in [0.25, 0.3) is 0 Å². The Hall–Kier alpha value is -3.34. The summed E-state index contributed by atoms with van der Waals surface area (Å²) in [6, 6.07) is 11.3. The molecule has 0 saturated heterocycles. The molecule has 0 aliphatic rings. The van der Waals surface area contributed by atoms with E-state index in [1.807, 2.05) is 36.4 Å². The molecule has 0 radical (unpaired) electrons. The van der Waals surface area contributed by atoms with Crippen molar-refractivity contribution < 1.29 is 9.47 Å². The molecule has 2 heterocycles. The first-order valence-corrected chi connectivity index (χ1v) is 8.92. The van der Waals surface area contributed by atoms with Crippen molar-refractivity contribution in [3.05, 3.63) is 65.2 Å². The molecule has 4 aromatic rings. The van der Waals surface area contributed by atoms with Crippen LogP contribution in [0.5, 0.6) is 11.5 Å². The molecule has 0 unspecified atom stereocenters. The molecule has 136 valence electrons. The zero-order valence-corrected chi connectivity index (χ0v) is 15.3. The van der Waals surface area contributed by atoms with E-state index in [1.54, 1.807) is 25.7 Å². The van der Waals surface area contributed by atoms with Gasteiger partial charge in [0.1, 0.15) is 11.5 Å². The summed E-state index contributed by atoms with van der Waals surface area (Å²) < 4.78 is 11.1. The summed E-state index contributed by atoms with van der Waals surface area (Å²) in [6.07, 6.45) is 6.10. The van der Waals surface area contributed by atoms with Crippen molar-refractivity contribution in [1.82, 2.24) is 9.97 Å². The summed E-state index contributed by atoms with van der Waals surface area (Å²) in [6.45, 7) is 2.64. The molecule has 0 saturated carbocycles. The summed E-state index contributed by atoms with van der Waals surface area (Å²) in [5.41, 5.74) is 2.12. The minimum atomic E-state index is -0.0351. The van der Waals surface area contributed by atoms with Gasteiger partial charge in [-0.15, -0.1) is 0 Å². The minimum absolute atomic E-state index is 0.0351. The summed E-state index contributed by atoms with van der Waals surface area (Å²) in [7, 11) is 1.62. The van der Waals surface area contributed by atoms with Crippen LogP contribution in [0.2, 0.25) is 0 Å². The van der Waals surface area contributed by atoms with Crippen molar-refractivity contribution in [1.29, 1.82) is 0 Å². The number of pyridine rings is 2. The van der Waals surface area contributed by atoms with Gasteiger partial charge in [-0.3, -0.25) is 9.78 Å². The van der Waals surface area contributed by atoms with Gasteiger partial charge in [-0.25, -0.2) is 0 Å². The summed E-state index contributed by atoms with van der Waals surface area (Å²) in [4.78, 5) is 20.9. The highest BCUT2D eigenvalue weighted by Crippen LogP contribution is 2.31. The summed E-state index contributed by atoms with van der Waals surface area (Å²) in [5, 5.41) is 2.36. The first-order valence-electron chi connectivity index (χ1n) is 8.92. The number of hydrogen-bond acceptors (Lipinski definition) is 4. The molecular weight excluding hydrogens is 340 g/mol. The molecule has 2 aromatic heterocycles. The highest BCUT2D eigenvalue weighted by Gasteiger charge is 2.15. The van der Waals surface area contributed by atoms with E-state index >= 15 is 0 Å². The maximum Gasteiger partial charge on any atom is 0.197 e. The van der Waals surface area contributed by atoms with E-state index in [2.05, 4.69) is 16.9 Å². The third-order valence-electron chi connectivity index (χ3n) is 4.60. The molecule has 0 bridgehead atoms. The molecule has 27 heavy (non-hydrogen) atoms. The van der Waals surface area contributed by atoms with Crippen LogP contribution < -0.4 is 14.9 Å². The molecule has 4 rings (SSSR count). The Bertz CT molecular complexity index is 1160. The number of ether oxygens (including phenoxy) is 2. The quantitative estimate of drug-likeness (QED) is 0.531. The van der Waals surface area contributed by atoms with Gasteiger partial charge < -0.3 is 14.5 Å². The predicted molar refractivity (Wildman–Crippen MR) is 108 cm³/mol. The molecule has 0 spiro atoms. The maximum absolute atomic E-state index is 13.4. The highest BCUT2D eigenvalue weighted by atomic mass is 16.5. The van der Waals surface area contributed by atoms with Crippen molar-refractivity contribution in [3.63, 3.8) is 0 Å². The number of H-pyrrole nitrogens is 1. The van der Waals surface area contributed by atoms with Crippen LogP contribution >= 0.6 is 0 Å². The van der Waals surface area contributed by atoms with Gasteiger partial charge in [-0.05, 0) is 41.6 Å². The Kier molecular flexibility index (Phi) is 4.50. The predicted octanol–water partition coefficient (Wildman–Crippen LogP) is 4.54. The number of aromatic nitrogens is 2. The second kappa shape index (κ2) is 7.11. The van der Waals surface area contributed by atoms with E-state index in [0.29, 0.717) is 28.8 Å². The Morgan fingerprint density at radius 3 is 2.70 bits per heavy atom. The van der Waals surface area contributed by atoms with Crippen molar-refractivity contribution in [2.24, 2.45) is 0 Å². The van der Waals surface area contributed by atoms with Crippen LogP contribution in [0.4, 0.5) is 0 Å². The van der Waals surface area contributed by atoms with Gasteiger partial charge in [0.15, 0.2) is 5.43 Å². The number of aromatic amines is 1. The second-order valence-electron chi connectivity index (χ2n) is 6.33. The van der Waals surface area contributed by atoms with E-state index in [9.17, 15) is 4.79 Å². The van der Waals surface area contributed by atoms with Crippen molar-refractivity contribution in [2.45, 2.75) is 13.3 Å². The van der Waals surface area contributed by atoms with Crippen LogP contribution in [0.25, 0.3) is 32.8 Å². The van der Waals surface area contributed by atoms with Gasteiger partial charge in [-0.2, -0.15) is 0 Å². The van der Waals surface area contributed by atoms with Crippen LogP contribution in [0.3, 0.4) is 0 Å². The largest absolute Gasteiger partial charge is 0.497 e. The number of methoxy groups -OCH3 is 1. The topological polar surface area (TPSA) is 64.2 Å². The van der Waals surface area contributed by atoms with E-state index in [1.165, 1.54) is 0 Å². The van der Waals surface area contributed by atoms with E-state index in [4.69, 9.17) is 9.47 Å². The molecule has 2 aromatic carbocycles. The molecule has 5 nitrogen and oxygen atoms in total. The number of benzene rings is 2. The lowest BCUT2D eigenvalue weighted by molar-refractivity contribution is 0.321. The minimum Gasteiger partial charge on any atom is -0.497 e. The monoisotopic (exact) mass is 360 g/mol. The fourth-order valence-corrected chi connectivity index (χ4v) is 3.26. The van der Waals surface area contributed by atoms with Crippen LogP contribution in [0, 0.1) is 0 Å². The lowest BCUT2D eigenvalue weighted by Gasteiger charge is -2.12. The summed E-state index contributed by atoms with van der Waals surface area (Å²) >= 11 is 0. The Morgan fingerprint density at radius 1 is 1.15 bits per heavy atom. The van der Waals surface area contributed by atoms with E-state index in [-0.39, 0.29) is 5.43 Å². The van der Waals surface area contributed by atoms with Gasteiger partial charge in [0.05, 0.1) is 24.6 Å². The van der Waals surface area contributed by atoms with Gasteiger partial charge in [0, 0.05) is 29.5 Å². The van der Waals surface area contributed by atoms with Crippen molar-refractivity contribution in [3.8, 4) is 22.6 Å². The van der Waals surface area contributed by atoms with Crippen LogP contribution in [0.1, 0.15) is 13.3 Å². The van der Waals surface area contributed by atoms with Crippen LogP contribution in [-0.4, -0.2) is 23.7 Å². The van der Waals surface area contributed by atoms with E-state index in [0.717, 1.165) is 28.5 Å². The van der Waals surface area contributed by atoms with Crippen molar-refractivity contribution in [2.75, 3.05) is 13.7 Å². The highest BCUT2D eigenvalue weighted by molar-refractivity contribution is 6.09. The molecule has 5 heteroatoms. The maximum atomic E-state index is 13.4. The van der Waals surface area contributed by atoms with Crippen molar-refractivity contribution >= 4 is 21.7 Å². The number of nitrogens with one attached hydrogen (secondary N) is 1. The van der Waals surface area contributed by atoms with Gasteiger partial charge >= 0.3 is 0 Å². The molecule has 0 aliphatic carbocycles. The molecule has 1 N–H and O–H groups in total. The molecule has 0 atom stereocenters. The zero-order valence-electron chi connectivity index (χ0n) is 15.3. The molecule has 0 fully saturated rings. The second-order valence-corrected chi connectivity index (χ2v) is 6.33. The van der Waals surface area contributed by atoms with Crippen LogP contribution in [0.15, 0.2) is 59.8 Å². The SMILES string of the molecule is CCCOc1cc2cnccc2c2c(=O)c(-c3ccc(OC)cc3)c[nH]c12. The zero-order chi connectivity index (χ0) is 18.8. The Balaban J connectivity index is 2.00. The Morgan fingerprint density at radius 2 is 1.96 bits per heavy atom. The first-order chi connectivity index (χ1) is 13.2. The number of fused-ring (bicyclic) bond motifs is 3. The third kappa shape index (κ3) is 3.01. The third-order valence-corrected chi connectivity index (χ3v) is 4.60. The molecule has 0 amide bonds. The van der Waals surface area contributed by atoms with Gasteiger partial charge in [-0.1, -0.05) is 19.1 Å². The average Bonchev–Trinajstić information content (AvgIpc) is 2.72. The molecular formula is C22H20N2O3. The smallest absolute Gasteiger partial charge is 0.197 e. The van der Waals surface area contributed by atoms with Gasteiger partial charge in [0.2, 0.25) is 0 Å². The summed E-state index contributed by atoms with van der Waals surface area (Å²) in [5.74, 6) is 1.42. The number of nitrogens with zero attached hydrogens (tertiary/aromatic N) is 1. The van der Waals surface area contributed by atoms with Crippen LogP contribution in [-0.2, 0) is 0 Å². The molecule has 0 aliphatic heterocycles. The average molecular weight is 360 g/mol. The normalized spacial score (nSPS) is 11.0. The fourth-order valence-electron chi connectivity index (χ4n) is 3.26. The lowest BCUT2D eigenvalue weighted by Crippen LogP contribution is -2.08. The number of rotatable bonds is 5. The first kappa shape index (κ1) is 17.1. The fraction of sp³-hybridized carbons (Fsp3) is 0.182. The lowest BCUT2D eigenvalue weighted by atomic mass is 10.0. The standard InChI is InChI=1S/C22H20N2O3/c1-3-10-27-19-11-15-12-23-9-8-17(15)20-21(19)24-13-18(22(20)25)14-4-6-16(26-2)7-5-14/h4-9,11-13H,3,10H2,1-2H3,(H,24,25). The number of hydrogen-bond donors (Lipinski definition) is 1. The van der Waals surface area contributed by atoms with E-state index < -0.39 is 0 Å².